The molecule has 1 amide bonds. The lowest BCUT2D eigenvalue weighted by atomic mass is 10.0. The second-order valence-electron chi connectivity index (χ2n) is 6.82. The van der Waals surface area contributed by atoms with Crippen LogP contribution in [0.1, 0.15) is 24.5 Å². The van der Waals surface area contributed by atoms with E-state index in [0.717, 1.165) is 12.1 Å². The Morgan fingerprint density at radius 2 is 1.88 bits per heavy atom. The number of hydrogen-bond acceptors (Lipinski definition) is 4. The Morgan fingerprint density at radius 3 is 2.36 bits per heavy atom. The first kappa shape index (κ1) is 19.7. The summed E-state index contributed by atoms with van der Waals surface area (Å²) in [6.07, 6.45) is -3.99. The van der Waals surface area contributed by atoms with Gasteiger partial charge in [0.25, 0.3) is 0 Å². The molecule has 1 aromatic carbocycles. The van der Waals surface area contributed by atoms with E-state index in [1.807, 2.05) is 0 Å². The van der Waals surface area contributed by atoms with Gasteiger partial charge in [0.05, 0.1) is 29.2 Å². The van der Waals surface area contributed by atoms with Crippen molar-refractivity contribution in [1.82, 2.24) is 10.2 Å². The van der Waals surface area contributed by atoms with Crippen molar-refractivity contribution in [3.8, 4) is 0 Å². The molecule has 1 aliphatic rings. The van der Waals surface area contributed by atoms with E-state index in [1.165, 1.54) is 12.1 Å². The van der Waals surface area contributed by atoms with Crippen LogP contribution < -0.4 is 5.32 Å². The molecule has 0 radical (unpaired) electrons. The number of benzene rings is 1. The van der Waals surface area contributed by atoms with Crippen LogP contribution in [0.2, 0.25) is 0 Å². The molecule has 1 aromatic rings. The number of nitrogens with one attached hydrogen (secondary N) is 1. The Hall–Kier alpha value is -1.61. The summed E-state index contributed by atoms with van der Waals surface area (Å²) in [6.45, 7) is 2.03. The third kappa shape index (κ3) is 5.71. The van der Waals surface area contributed by atoms with Gasteiger partial charge < -0.3 is 5.32 Å². The van der Waals surface area contributed by atoms with Crippen LogP contribution in [0, 0.1) is 0 Å². The van der Waals surface area contributed by atoms with Crippen molar-refractivity contribution in [2.24, 2.45) is 0 Å². The van der Waals surface area contributed by atoms with Gasteiger partial charge in [0.15, 0.2) is 9.84 Å². The monoisotopic (exact) mass is 378 g/mol. The molecule has 25 heavy (non-hydrogen) atoms. The Balaban J connectivity index is 1.87. The Bertz CT molecular complexity index is 732. The molecule has 140 valence electrons. The lowest BCUT2D eigenvalue weighted by molar-refractivity contribution is -0.137. The van der Waals surface area contributed by atoms with E-state index in [-0.39, 0.29) is 24.0 Å². The van der Waals surface area contributed by atoms with Crippen molar-refractivity contribution in [3.05, 3.63) is 35.4 Å². The van der Waals surface area contributed by atoms with E-state index in [2.05, 4.69) is 5.32 Å². The number of amides is 1. The number of hydrogen-bond donors (Lipinski definition) is 1. The standard InChI is InChI=1S/C16H21F3N2O3S/c1-15(7-8-25(23,24)11-15)20-14(22)10-21(2)9-12-3-5-13(6-4-12)16(17,18)19/h3-6H,7-11H2,1-2H3,(H,20,22)/t15-/m1/s1. The molecule has 1 atom stereocenters. The van der Waals surface area contributed by atoms with Crippen molar-refractivity contribution < 1.29 is 26.4 Å². The van der Waals surface area contributed by atoms with Crippen LogP contribution in [0.3, 0.4) is 0 Å². The predicted octanol–water partition coefficient (Wildman–Crippen LogP) is 1.83. The van der Waals surface area contributed by atoms with Gasteiger partial charge in [0, 0.05) is 6.54 Å². The maximum absolute atomic E-state index is 12.5. The largest absolute Gasteiger partial charge is 0.416 e. The van der Waals surface area contributed by atoms with Crippen molar-refractivity contribution in [2.75, 3.05) is 25.1 Å². The normalized spacial score (nSPS) is 23.0. The van der Waals surface area contributed by atoms with Crippen molar-refractivity contribution in [2.45, 2.75) is 31.6 Å². The van der Waals surface area contributed by atoms with E-state index in [1.54, 1.807) is 18.9 Å². The van der Waals surface area contributed by atoms with Crippen molar-refractivity contribution in [1.29, 1.82) is 0 Å². The molecular formula is C16H21F3N2O3S. The highest BCUT2D eigenvalue weighted by molar-refractivity contribution is 7.91. The van der Waals surface area contributed by atoms with E-state index in [0.29, 0.717) is 18.5 Å². The predicted molar refractivity (Wildman–Crippen MR) is 87.6 cm³/mol. The van der Waals surface area contributed by atoms with Gasteiger partial charge >= 0.3 is 6.18 Å². The van der Waals surface area contributed by atoms with E-state index < -0.39 is 27.1 Å². The summed E-state index contributed by atoms with van der Waals surface area (Å²) in [7, 11) is -1.44. The molecule has 0 spiro atoms. The Labute approximate surface area is 145 Å². The number of carbonyl (C=O) groups is 1. The molecular weight excluding hydrogens is 357 g/mol. The number of carbonyl (C=O) groups excluding carboxylic acids is 1. The lowest BCUT2D eigenvalue weighted by Crippen LogP contribution is -2.49. The molecule has 0 aliphatic carbocycles. The molecule has 1 aliphatic heterocycles. The van der Waals surface area contributed by atoms with Crippen molar-refractivity contribution in [3.63, 3.8) is 0 Å². The maximum Gasteiger partial charge on any atom is 0.416 e. The first-order valence-corrected chi connectivity index (χ1v) is 9.57. The fourth-order valence-electron chi connectivity index (χ4n) is 2.90. The molecule has 0 unspecified atom stereocenters. The average molecular weight is 378 g/mol. The van der Waals surface area contributed by atoms with Crippen molar-refractivity contribution >= 4 is 15.7 Å². The quantitative estimate of drug-likeness (QED) is 0.849. The Morgan fingerprint density at radius 1 is 1.28 bits per heavy atom. The summed E-state index contributed by atoms with van der Waals surface area (Å²) >= 11 is 0. The number of rotatable bonds is 5. The average Bonchev–Trinajstić information content (AvgIpc) is 2.71. The zero-order chi connectivity index (χ0) is 18.9. The summed E-state index contributed by atoms with van der Waals surface area (Å²) in [6, 6.07) is 4.77. The van der Waals surface area contributed by atoms with E-state index in [4.69, 9.17) is 0 Å². The summed E-state index contributed by atoms with van der Waals surface area (Å²) < 4.78 is 60.7. The molecule has 1 heterocycles. The van der Waals surface area contributed by atoms with Gasteiger partial charge in [-0.2, -0.15) is 13.2 Å². The van der Waals surface area contributed by atoms with Gasteiger partial charge in [-0.05, 0) is 38.1 Å². The molecule has 0 saturated carbocycles. The van der Waals surface area contributed by atoms with Gasteiger partial charge in [0.1, 0.15) is 0 Å². The minimum atomic E-state index is -4.37. The number of alkyl halides is 3. The molecule has 2 rings (SSSR count). The van der Waals surface area contributed by atoms with Crippen LogP contribution in [0.25, 0.3) is 0 Å². The van der Waals surface area contributed by atoms with Gasteiger partial charge in [-0.25, -0.2) is 8.42 Å². The minimum absolute atomic E-state index is 0.0245. The smallest absolute Gasteiger partial charge is 0.349 e. The van der Waals surface area contributed by atoms with Crippen LogP contribution in [-0.2, 0) is 27.4 Å². The first-order valence-electron chi connectivity index (χ1n) is 7.75. The molecule has 0 aromatic heterocycles. The van der Waals surface area contributed by atoms with Gasteiger partial charge in [0.2, 0.25) is 5.91 Å². The topological polar surface area (TPSA) is 66.5 Å². The Kier molecular flexibility index (Phi) is 5.48. The summed E-state index contributed by atoms with van der Waals surface area (Å²) in [5.41, 5.74) is -0.824. The highest BCUT2D eigenvalue weighted by atomic mass is 32.2. The summed E-state index contributed by atoms with van der Waals surface area (Å²) in [5, 5.41) is 2.75. The summed E-state index contributed by atoms with van der Waals surface area (Å²) in [5.74, 6) is -0.325. The summed E-state index contributed by atoms with van der Waals surface area (Å²) in [4.78, 5) is 13.8. The highest BCUT2D eigenvalue weighted by Crippen LogP contribution is 2.29. The molecule has 9 heteroatoms. The van der Waals surface area contributed by atoms with Crippen LogP contribution in [0.5, 0.6) is 0 Å². The van der Waals surface area contributed by atoms with Crippen LogP contribution in [0.15, 0.2) is 24.3 Å². The molecule has 0 bridgehead atoms. The molecule has 1 saturated heterocycles. The molecule has 5 nitrogen and oxygen atoms in total. The number of sulfone groups is 1. The second-order valence-corrected chi connectivity index (χ2v) is 9.00. The van der Waals surface area contributed by atoms with Crippen LogP contribution in [-0.4, -0.2) is 49.9 Å². The minimum Gasteiger partial charge on any atom is -0.349 e. The number of likely N-dealkylation sites (N-methyl/N-ethyl adjacent to an activating group) is 1. The van der Waals surface area contributed by atoms with E-state index in [9.17, 15) is 26.4 Å². The molecule has 1 fully saturated rings. The fraction of sp³-hybridized carbons (Fsp3) is 0.562. The highest BCUT2D eigenvalue weighted by Gasteiger charge is 2.39. The van der Waals surface area contributed by atoms with Crippen LogP contribution in [0.4, 0.5) is 13.2 Å². The lowest BCUT2D eigenvalue weighted by Gasteiger charge is -2.25. The number of halogens is 3. The zero-order valence-corrected chi connectivity index (χ0v) is 14.9. The van der Waals surface area contributed by atoms with Gasteiger partial charge in [-0.1, -0.05) is 12.1 Å². The number of nitrogens with zero attached hydrogens (tertiary/aromatic N) is 1. The second kappa shape index (κ2) is 6.95. The fourth-order valence-corrected chi connectivity index (χ4v) is 4.99. The zero-order valence-electron chi connectivity index (χ0n) is 14.1. The molecule has 1 N–H and O–H groups in total. The first-order chi connectivity index (χ1) is 11.4. The van der Waals surface area contributed by atoms with Gasteiger partial charge in [-0.3, -0.25) is 9.69 Å². The third-order valence-electron chi connectivity index (χ3n) is 4.09. The third-order valence-corrected chi connectivity index (χ3v) is 5.99. The SMILES string of the molecule is CN(CC(=O)N[C@]1(C)CCS(=O)(=O)C1)Cc1ccc(C(F)(F)F)cc1. The van der Waals surface area contributed by atoms with E-state index >= 15 is 0 Å². The maximum atomic E-state index is 12.5. The van der Waals surface area contributed by atoms with Gasteiger partial charge in [-0.15, -0.1) is 0 Å². The van der Waals surface area contributed by atoms with Crippen LogP contribution >= 0.6 is 0 Å².